The van der Waals surface area contributed by atoms with Gasteiger partial charge in [0.2, 0.25) is 0 Å². The molecule has 0 fully saturated rings. The summed E-state index contributed by atoms with van der Waals surface area (Å²) in [6.07, 6.45) is 0.668. The van der Waals surface area contributed by atoms with Gasteiger partial charge < -0.3 is 10.4 Å². The highest BCUT2D eigenvalue weighted by Crippen LogP contribution is 2.17. The van der Waals surface area contributed by atoms with Crippen LogP contribution < -0.4 is 5.32 Å². The molecule has 0 bridgehead atoms. The van der Waals surface area contributed by atoms with Crippen molar-refractivity contribution in [2.45, 2.75) is 32.7 Å². The number of aryl methyl sites for hydroxylation is 1. The average Bonchev–Trinajstić information content (AvgIpc) is 2.32. The first-order valence-corrected chi connectivity index (χ1v) is 5.99. The van der Waals surface area contributed by atoms with Crippen LogP contribution in [0, 0.1) is 6.92 Å². The zero-order valence-corrected chi connectivity index (χ0v) is 11.1. The number of benzene rings is 1. The minimum atomic E-state index is -0.579. The summed E-state index contributed by atoms with van der Waals surface area (Å²) in [7, 11) is 0. The first-order chi connectivity index (χ1) is 7.91. The molecule has 1 aromatic carbocycles. The fourth-order valence-corrected chi connectivity index (χ4v) is 1.49. The Bertz CT molecular complexity index is 414. The summed E-state index contributed by atoms with van der Waals surface area (Å²) in [5.74, 6) is -0.192. The molecule has 1 rings (SSSR count). The van der Waals surface area contributed by atoms with Crippen molar-refractivity contribution >= 4 is 17.5 Å². The summed E-state index contributed by atoms with van der Waals surface area (Å²) in [5.41, 5.74) is 0.839. The van der Waals surface area contributed by atoms with Crippen LogP contribution in [-0.4, -0.2) is 23.2 Å². The zero-order valence-electron chi connectivity index (χ0n) is 10.4. The van der Waals surface area contributed by atoms with E-state index in [0.717, 1.165) is 5.56 Å². The number of aliphatic hydroxyl groups is 1. The van der Waals surface area contributed by atoms with E-state index in [9.17, 15) is 9.90 Å². The number of carbonyl (C=O) groups excluding carboxylic acids is 1. The van der Waals surface area contributed by atoms with Crippen molar-refractivity contribution in [1.82, 2.24) is 5.32 Å². The highest BCUT2D eigenvalue weighted by molar-refractivity contribution is 6.31. The molecular formula is C13H18ClNO2. The maximum absolute atomic E-state index is 12.0. The van der Waals surface area contributed by atoms with Crippen LogP contribution in [0.3, 0.4) is 0 Å². The lowest BCUT2D eigenvalue weighted by molar-refractivity contribution is 0.0847. The molecule has 0 aliphatic heterocycles. The molecule has 0 aliphatic rings. The highest BCUT2D eigenvalue weighted by Gasteiger charge is 2.23. The number of nitrogens with one attached hydrogen (secondary N) is 1. The Morgan fingerprint density at radius 3 is 2.65 bits per heavy atom. The SMILES string of the molecule is CCC(C)(CO)NC(=O)c1ccc(Cl)c(C)c1. The maximum atomic E-state index is 12.0. The van der Waals surface area contributed by atoms with Gasteiger partial charge in [-0.2, -0.15) is 0 Å². The molecule has 0 heterocycles. The Balaban J connectivity index is 2.86. The quantitative estimate of drug-likeness (QED) is 0.869. The molecule has 17 heavy (non-hydrogen) atoms. The summed E-state index contributed by atoms with van der Waals surface area (Å²) >= 11 is 5.90. The molecule has 4 heteroatoms. The molecule has 0 aliphatic carbocycles. The van der Waals surface area contributed by atoms with Gasteiger partial charge in [0, 0.05) is 10.6 Å². The zero-order chi connectivity index (χ0) is 13.1. The Kier molecular flexibility index (Phi) is 4.54. The molecule has 0 spiro atoms. The van der Waals surface area contributed by atoms with Crippen LogP contribution in [0.15, 0.2) is 18.2 Å². The van der Waals surface area contributed by atoms with E-state index in [2.05, 4.69) is 5.32 Å². The Labute approximate surface area is 107 Å². The van der Waals surface area contributed by atoms with Crippen LogP contribution in [-0.2, 0) is 0 Å². The van der Waals surface area contributed by atoms with Crippen molar-refractivity contribution in [2.24, 2.45) is 0 Å². The molecule has 94 valence electrons. The van der Waals surface area contributed by atoms with E-state index in [0.29, 0.717) is 17.0 Å². The van der Waals surface area contributed by atoms with Crippen molar-refractivity contribution in [3.8, 4) is 0 Å². The normalized spacial score (nSPS) is 14.2. The molecule has 0 saturated heterocycles. The molecule has 1 amide bonds. The van der Waals surface area contributed by atoms with Gasteiger partial charge in [-0.15, -0.1) is 0 Å². The van der Waals surface area contributed by atoms with Gasteiger partial charge in [-0.05, 0) is 44.0 Å². The monoisotopic (exact) mass is 255 g/mol. The number of carbonyl (C=O) groups is 1. The van der Waals surface area contributed by atoms with Gasteiger partial charge in [-0.25, -0.2) is 0 Å². The Hall–Kier alpha value is -1.06. The minimum absolute atomic E-state index is 0.0815. The second-order valence-electron chi connectivity index (χ2n) is 4.49. The third-order valence-corrected chi connectivity index (χ3v) is 3.39. The van der Waals surface area contributed by atoms with E-state index in [-0.39, 0.29) is 12.5 Å². The number of hydrogen-bond acceptors (Lipinski definition) is 2. The van der Waals surface area contributed by atoms with Crippen LogP contribution >= 0.6 is 11.6 Å². The third-order valence-electron chi connectivity index (χ3n) is 2.96. The van der Waals surface area contributed by atoms with Crippen molar-refractivity contribution in [3.05, 3.63) is 34.3 Å². The Morgan fingerprint density at radius 1 is 1.53 bits per heavy atom. The van der Waals surface area contributed by atoms with Gasteiger partial charge in [-0.3, -0.25) is 4.79 Å². The average molecular weight is 256 g/mol. The first-order valence-electron chi connectivity index (χ1n) is 5.61. The fourth-order valence-electron chi connectivity index (χ4n) is 1.37. The molecule has 2 N–H and O–H groups in total. The van der Waals surface area contributed by atoms with Gasteiger partial charge in [0.15, 0.2) is 0 Å². The van der Waals surface area contributed by atoms with Gasteiger partial charge in [-0.1, -0.05) is 18.5 Å². The lowest BCUT2D eigenvalue weighted by Gasteiger charge is -2.27. The lowest BCUT2D eigenvalue weighted by atomic mass is 9.99. The van der Waals surface area contributed by atoms with Crippen molar-refractivity contribution in [2.75, 3.05) is 6.61 Å². The smallest absolute Gasteiger partial charge is 0.251 e. The number of amides is 1. The predicted octanol–water partition coefficient (Wildman–Crippen LogP) is 2.54. The number of halogens is 1. The molecule has 1 aromatic rings. The fraction of sp³-hybridized carbons (Fsp3) is 0.462. The van der Waals surface area contributed by atoms with E-state index in [4.69, 9.17) is 11.6 Å². The van der Waals surface area contributed by atoms with Crippen molar-refractivity contribution < 1.29 is 9.90 Å². The number of hydrogen-bond donors (Lipinski definition) is 2. The second-order valence-corrected chi connectivity index (χ2v) is 4.90. The maximum Gasteiger partial charge on any atom is 0.251 e. The highest BCUT2D eigenvalue weighted by atomic mass is 35.5. The summed E-state index contributed by atoms with van der Waals surface area (Å²) in [6, 6.07) is 5.12. The second kappa shape index (κ2) is 5.52. The summed E-state index contributed by atoms with van der Waals surface area (Å²) < 4.78 is 0. The number of aliphatic hydroxyl groups excluding tert-OH is 1. The lowest BCUT2D eigenvalue weighted by Crippen LogP contribution is -2.48. The van der Waals surface area contributed by atoms with E-state index in [1.807, 2.05) is 20.8 Å². The van der Waals surface area contributed by atoms with Gasteiger partial charge >= 0.3 is 0 Å². The van der Waals surface area contributed by atoms with Crippen LogP contribution in [0.4, 0.5) is 0 Å². The third kappa shape index (κ3) is 3.45. The molecule has 1 unspecified atom stereocenters. The van der Waals surface area contributed by atoms with E-state index in [1.165, 1.54) is 0 Å². The Morgan fingerprint density at radius 2 is 2.18 bits per heavy atom. The summed E-state index contributed by atoms with van der Waals surface area (Å²) in [4.78, 5) is 12.0. The predicted molar refractivity (Wildman–Crippen MR) is 69.4 cm³/mol. The van der Waals surface area contributed by atoms with Gasteiger partial charge in [0.1, 0.15) is 0 Å². The summed E-state index contributed by atoms with van der Waals surface area (Å²) in [5, 5.41) is 12.7. The van der Waals surface area contributed by atoms with E-state index < -0.39 is 5.54 Å². The summed E-state index contributed by atoms with van der Waals surface area (Å²) in [6.45, 7) is 5.50. The molecule has 0 radical (unpaired) electrons. The van der Waals surface area contributed by atoms with Crippen LogP contribution in [0.1, 0.15) is 36.2 Å². The molecule has 1 atom stereocenters. The molecule has 3 nitrogen and oxygen atoms in total. The number of rotatable bonds is 4. The molecular weight excluding hydrogens is 238 g/mol. The van der Waals surface area contributed by atoms with Crippen LogP contribution in [0.5, 0.6) is 0 Å². The molecule has 0 aromatic heterocycles. The first kappa shape index (κ1) is 14.0. The van der Waals surface area contributed by atoms with Gasteiger partial charge in [0.25, 0.3) is 5.91 Å². The van der Waals surface area contributed by atoms with Crippen LogP contribution in [0.25, 0.3) is 0 Å². The largest absolute Gasteiger partial charge is 0.394 e. The van der Waals surface area contributed by atoms with E-state index in [1.54, 1.807) is 18.2 Å². The van der Waals surface area contributed by atoms with Crippen molar-refractivity contribution in [3.63, 3.8) is 0 Å². The standard InChI is InChI=1S/C13H18ClNO2/c1-4-13(3,8-16)15-12(17)10-5-6-11(14)9(2)7-10/h5-7,16H,4,8H2,1-3H3,(H,15,17). The topological polar surface area (TPSA) is 49.3 Å². The van der Waals surface area contributed by atoms with Crippen molar-refractivity contribution in [1.29, 1.82) is 0 Å². The molecule has 0 saturated carbocycles. The van der Waals surface area contributed by atoms with E-state index >= 15 is 0 Å². The minimum Gasteiger partial charge on any atom is -0.394 e. The van der Waals surface area contributed by atoms with Gasteiger partial charge in [0.05, 0.1) is 12.1 Å². The van der Waals surface area contributed by atoms with Crippen LogP contribution in [0.2, 0.25) is 5.02 Å².